The Labute approximate surface area is 142 Å². The lowest BCUT2D eigenvalue weighted by Gasteiger charge is -2.22. The Morgan fingerprint density at radius 1 is 1.22 bits per heavy atom. The second kappa shape index (κ2) is 8.30. The van der Waals surface area contributed by atoms with Gasteiger partial charge in [0.05, 0.1) is 22.7 Å². The van der Waals surface area contributed by atoms with Crippen molar-refractivity contribution in [1.29, 1.82) is 5.26 Å². The van der Waals surface area contributed by atoms with Crippen LogP contribution in [0.5, 0.6) is 5.75 Å². The molecule has 0 aliphatic heterocycles. The predicted octanol–water partition coefficient (Wildman–Crippen LogP) is 3.91. The summed E-state index contributed by atoms with van der Waals surface area (Å²) in [4.78, 5) is 13.6. The summed E-state index contributed by atoms with van der Waals surface area (Å²) in [5.41, 5.74) is 0.142. The molecule has 0 fully saturated rings. The average Bonchev–Trinajstić information content (AvgIpc) is 2.56. The molecule has 118 valence electrons. The lowest BCUT2D eigenvalue weighted by Crippen LogP contribution is -2.36. The smallest absolute Gasteiger partial charge is 0.265 e. The second-order valence-corrected chi connectivity index (χ2v) is 5.48. The molecule has 0 saturated carbocycles. The maximum absolute atomic E-state index is 13.9. The van der Waals surface area contributed by atoms with E-state index >= 15 is 0 Å². The third-order valence-corrected chi connectivity index (χ3v) is 3.73. The predicted molar refractivity (Wildman–Crippen MR) is 88.6 cm³/mol. The quantitative estimate of drug-likeness (QED) is 0.767. The minimum Gasteiger partial charge on any atom is -0.483 e. The van der Waals surface area contributed by atoms with Crippen LogP contribution in [0, 0.1) is 17.1 Å². The number of halogens is 2. The Morgan fingerprint density at radius 2 is 1.91 bits per heavy atom. The third kappa shape index (κ3) is 4.54. The van der Waals surface area contributed by atoms with Gasteiger partial charge in [-0.25, -0.2) is 4.39 Å². The van der Waals surface area contributed by atoms with E-state index in [1.54, 1.807) is 30.3 Å². The number of para-hydroxylation sites is 2. The summed E-state index contributed by atoms with van der Waals surface area (Å²) >= 11 is 3.33. The van der Waals surface area contributed by atoms with Crippen LogP contribution in [0.2, 0.25) is 0 Å². The first-order chi connectivity index (χ1) is 11.1. The van der Waals surface area contributed by atoms with Crippen molar-refractivity contribution in [2.24, 2.45) is 0 Å². The van der Waals surface area contributed by atoms with Gasteiger partial charge < -0.3 is 9.64 Å². The minimum absolute atomic E-state index is 0.106. The number of nitriles is 1. The summed E-state index contributed by atoms with van der Waals surface area (Å²) < 4.78 is 20.1. The number of hydrogen-bond donors (Lipinski definition) is 0. The van der Waals surface area contributed by atoms with Crippen LogP contribution in [-0.2, 0) is 4.79 Å². The summed E-state index contributed by atoms with van der Waals surface area (Å²) in [6, 6.07) is 15.1. The SMILES string of the molecule is N#CCCN(C(=O)COc1ccccc1Br)c1ccccc1F. The lowest BCUT2D eigenvalue weighted by atomic mass is 10.2. The molecule has 0 aliphatic carbocycles. The molecule has 2 aromatic carbocycles. The van der Waals surface area contributed by atoms with Crippen LogP contribution in [0.25, 0.3) is 0 Å². The number of hydrogen-bond acceptors (Lipinski definition) is 3. The van der Waals surface area contributed by atoms with Crippen molar-refractivity contribution in [3.8, 4) is 11.8 Å². The molecule has 0 bridgehead atoms. The molecule has 0 saturated heterocycles. The van der Waals surface area contributed by atoms with E-state index in [0.29, 0.717) is 5.75 Å². The molecular weight excluding hydrogens is 363 g/mol. The molecule has 6 heteroatoms. The fourth-order valence-electron chi connectivity index (χ4n) is 1.99. The van der Waals surface area contributed by atoms with Crippen molar-refractivity contribution in [2.45, 2.75) is 6.42 Å². The zero-order valence-electron chi connectivity index (χ0n) is 12.2. The van der Waals surface area contributed by atoms with Crippen molar-refractivity contribution >= 4 is 27.5 Å². The van der Waals surface area contributed by atoms with E-state index in [-0.39, 0.29) is 25.3 Å². The lowest BCUT2D eigenvalue weighted by molar-refractivity contribution is -0.120. The van der Waals surface area contributed by atoms with Crippen molar-refractivity contribution < 1.29 is 13.9 Å². The third-order valence-electron chi connectivity index (χ3n) is 3.08. The monoisotopic (exact) mass is 376 g/mol. The van der Waals surface area contributed by atoms with Gasteiger partial charge in [0, 0.05) is 6.54 Å². The molecular formula is C17H14BrFN2O2. The zero-order valence-corrected chi connectivity index (χ0v) is 13.8. The van der Waals surface area contributed by atoms with Crippen LogP contribution in [-0.4, -0.2) is 19.1 Å². The fraction of sp³-hybridized carbons (Fsp3) is 0.176. The minimum atomic E-state index is -0.514. The van der Waals surface area contributed by atoms with Crippen LogP contribution in [0.3, 0.4) is 0 Å². The number of anilines is 1. The van der Waals surface area contributed by atoms with Crippen molar-refractivity contribution in [1.82, 2.24) is 0 Å². The highest BCUT2D eigenvalue weighted by molar-refractivity contribution is 9.10. The normalized spacial score (nSPS) is 9.96. The van der Waals surface area contributed by atoms with Gasteiger partial charge in [0.2, 0.25) is 0 Å². The number of amides is 1. The number of ether oxygens (including phenoxy) is 1. The van der Waals surface area contributed by atoms with E-state index in [2.05, 4.69) is 15.9 Å². The molecule has 0 aliphatic rings. The van der Waals surface area contributed by atoms with Gasteiger partial charge in [-0.15, -0.1) is 0 Å². The molecule has 2 rings (SSSR count). The highest BCUT2D eigenvalue weighted by Crippen LogP contribution is 2.24. The Morgan fingerprint density at radius 3 is 2.61 bits per heavy atom. The molecule has 0 N–H and O–H groups in total. The number of carbonyl (C=O) groups is 1. The molecule has 0 unspecified atom stereocenters. The van der Waals surface area contributed by atoms with Gasteiger partial charge in [-0.05, 0) is 40.2 Å². The van der Waals surface area contributed by atoms with Gasteiger partial charge in [-0.2, -0.15) is 5.26 Å². The standard InChI is InChI=1S/C17H14BrFN2O2/c18-13-6-1-4-9-16(13)23-12-17(22)21(11-5-10-20)15-8-3-2-7-14(15)19/h1-4,6-9H,5,11-12H2. The Hall–Kier alpha value is -2.39. The topological polar surface area (TPSA) is 53.3 Å². The summed E-state index contributed by atoms with van der Waals surface area (Å²) in [6.07, 6.45) is 0.106. The van der Waals surface area contributed by atoms with Crippen LogP contribution in [0.15, 0.2) is 53.0 Å². The van der Waals surface area contributed by atoms with Gasteiger partial charge in [0.1, 0.15) is 11.6 Å². The molecule has 0 spiro atoms. The molecule has 0 heterocycles. The maximum Gasteiger partial charge on any atom is 0.265 e. The average molecular weight is 377 g/mol. The number of rotatable bonds is 6. The molecule has 2 aromatic rings. The Balaban J connectivity index is 2.13. The summed E-state index contributed by atoms with van der Waals surface area (Å²) in [5.74, 6) is -0.407. The summed E-state index contributed by atoms with van der Waals surface area (Å²) in [7, 11) is 0. The number of benzene rings is 2. The Kier molecular flexibility index (Phi) is 6.12. The van der Waals surface area contributed by atoms with Gasteiger partial charge in [0.15, 0.2) is 6.61 Å². The van der Waals surface area contributed by atoms with Crippen LogP contribution in [0.4, 0.5) is 10.1 Å². The van der Waals surface area contributed by atoms with Crippen molar-refractivity contribution in [2.75, 3.05) is 18.1 Å². The second-order valence-electron chi connectivity index (χ2n) is 4.62. The summed E-state index contributed by atoms with van der Waals surface area (Å²) in [5, 5.41) is 8.74. The van der Waals surface area contributed by atoms with Crippen LogP contribution in [0.1, 0.15) is 6.42 Å². The molecule has 0 atom stereocenters. The van der Waals surface area contributed by atoms with E-state index in [0.717, 1.165) is 4.47 Å². The highest BCUT2D eigenvalue weighted by Gasteiger charge is 2.19. The molecule has 23 heavy (non-hydrogen) atoms. The first-order valence-corrected chi connectivity index (χ1v) is 7.72. The molecule has 1 amide bonds. The van der Waals surface area contributed by atoms with E-state index in [9.17, 15) is 9.18 Å². The van der Waals surface area contributed by atoms with Crippen molar-refractivity contribution in [3.05, 3.63) is 58.8 Å². The molecule has 4 nitrogen and oxygen atoms in total. The number of carbonyl (C=O) groups excluding carboxylic acids is 1. The first-order valence-electron chi connectivity index (χ1n) is 6.92. The van der Waals surface area contributed by atoms with Gasteiger partial charge in [-0.1, -0.05) is 24.3 Å². The first kappa shape index (κ1) is 17.0. The van der Waals surface area contributed by atoms with E-state index in [1.807, 2.05) is 12.1 Å². The van der Waals surface area contributed by atoms with Crippen molar-refractivity contribution in [3.63, 3.8) is 0 Å². The van der Waals surface area contributed by atoms with Gasteiger partial charge in [0.25, 0.3) is 5.91 Å². The van der Waals surface area contributed by atoms with Crippen LogP contribution < -0.4 is 9.64 Å². The largest absolute Gasteiger partial charge is 0.483 e. The molecule has 0 aromatic heterocycles. The van der Waals surface area contributed by atoms with Gasteiger partial charge in [-0.3, -0.25) is 4.79 Å². The van der Waals surface area contributed by atoms with E-state index < -0.39 is 11.7 Å². The maximum atomic E-state index is 13.9. The zero-order chi connectivity index (χ0) is 16.7. The summed E-state index contributed by atoms with van der Waals surface area (Å²) in [6.45, 7) is -0.141. The highest BCUT2D eigenvalue weighted by atomic mass is 79.9. The van der Waals surface area contributed by atoms with Crippen LogP contribution >= 0.6 is 15.9 Å². The van der Waals surface area contributed by atoms with E-state index in [1.165, 1.54) is 17.0 Å². The number of nitrogens with zero attached hydrogens (tertiary/aromatic N) is 2. The van der Waals surface area contributed by atoms with E-state index in [4.69, 9.17) is 10.00 Å². The fourth-order valence-corrected chi connectivity index (χ4v) is 2.39. The van der Waals surface area contributed by atoms with Gasteiger partial charge >= 0.3 is 0 Å². The molecule has 0 radical (unpaired) electrons. The Bertz CT molecular complexity index is 731.